The molecular formula is C31H31NO3. The molecule has 0 N–H and O–H groups in total. The third-order valence-corrected chi connectivity index (χ3v) is 8.40. The minimum atomic E-state index is -0.532. The maximum atomic E-state index is 14.0. The Morgan fingerprint density at radius 2 is 1.43 bits per heavy atom. The van der Waals surface area contributed by atoms with Crippen molar-refractivity contribution in [3.05, 3.63) is 95.1 Å². The lowest BCUT2D eigenvalue weighted by Crippen LogP contribution is -2.51. The number of unbranched alkanes of at least 4 members (excludes halogenated alkanes) is 3. The molecule has 3 aromatic carbocycles. The quantitative estimate of drug-likeness (QED) is 0.308. The number of amides is 2. The van der Waals surface area contributed by atoms with Gasteiger partial charge in [-0.2, -0.15) is 0 Å². The van der Waals surface area contributed by atoms with Crippen LogP contribution in [0.5, 0.6) is 5.75 Å². The molecule has 7 rings (SSSR count). The van der Waals surface area contributed by atoms with Gasteiger partial charge in [-0.3, -0.25) is 9.59 Å². The van der Waals surface area contributed by atoms with Gasteiger partial charge >= 0.3 is 0 Å². The number of nitrogens with zero attached hydrogens (tertiary/aromatic N) is 1. The number of anilines is 1. The number of benzene rings is 3. The van der Waals surface area contributed by atoms with E-state index in [1.165, 1.54) is 46.4 Å². The van der Waals surface area contributed by atoms with Crippen molar-refractivity contribution >= 4 is 17.5 Å². The van der Waals surface area contributed by atoms with E-state index >= 15 is 0 Å². The largest absolute Gasteiger partial charge is 0.494 e. The van der Waals surface area contributed by atoms with Gasteiger partial charge in [0.15, 0.2) is 0 Å². The van der Waals surface area contributed by atoms with Crippen molar-refractivity contribution in [3.63, 3.8) is 0 Å². The molecule has 1 aliphatic heterocycles. The summed E-state index contributed by atoms with van der Waals surface area (Å²) in [5, 5.41) is 0. The first kappa shape index (κ1) is 22.1. The van der Waals surface area contributed by atoms with Crippen LogP contribution in [-0.2, 0) is 15.0 Å². The van der Waals surface area contributed by atoms with Crippen molar-refractivity contribution < 1.29 is 14.3 Å². The maximum Gasteiger partial charge on any atom is 0.238 e. The first-order chi connectivity index (χ1) is 17.1. The van der Waals surface area contributed by atoms with Crippen molar-refractivity contribution in [2.45, 2.75) is 50.9 Å². The van der Waals surface area contributed by atoms with Crippen molar-refractivity contribution in [3.8, 4) is 5.75 Å². The van der Waals surface area contributed by atoms with Gasteiger partial charge in [0.2, 0.25) is 11.8 Å². The number of hydrogen-bond donors (Lipinski definition) is 0. The Balaban J connectivity index is 1.34. The monoisotopic (exact) mass is 465 g/mol. The van der Waals surface area contributed by atoms with E-state index in [1.807, 2.05) is 48.5 Å². The lowest BCUT2D eigenvalue weighted by molar-refractivity contribution is -0.123. The standard InChI is InChI=1S/C31H31NO3/c1-3-4-5-10-19-35-21-17-15-20(16-18-21)32-29(33)27-26-22-11-6-8-13-24(22)31(2,28(27)30(32)34)25-14-9-7-12-23(25)26/h6-9,11-18,26-28H,3-5,10,19H2,1-2H3/t26?,27-,28+,31?/m1/s1. The number of imide groups is 1. The van der Waals surface area contributed by atoms with Gasteiger partial charge in [0.05, 0.1) is 24.1 Å². The third kappa shape index (κ3) is 3.12. The molecule has 0 saturated carbocycles. The highest BCUT2D eigenvalue weighted by Crippen LogP contribution is 2.64. The summed E-state index contributed by atoms with van der Waals surface area (Å²) >= 11 is 0. The summed E-state index contributed by atoms with van der Waals surface area (Å²) in [5.41, 5.74) is 4.83. The number of rotatable bonds is 7. The van der Waals surface area contributed by atoms with Crippen LogP contribution in [0.15, 0.2) is 72.8 Å². The molecule has 2 atom stereocenters. The predicted molar refractivity (Wildman–Crippen MR) is 137 cm³/mol. The van der Waals surface area contributed by atoms with Gasteiger partial charge in [-0.25, -0.2) is 4.90 Å². The van der Waals surface area contributed by atoms with Crippen LogP contribution in [0, 0.1) is 11.8 Å². The van der Waals surface area contributed by atoms with Gasteiger partial charge in [0.1, 0.15) is 5.75 Å². The predicted octanol–water partition coefficient (Wildman–Crippen LogP) is 6.22. The average Bonchev–Trinajstić information content (AvgIpc) is 3.16. The van der Waals surface area contributed by atoms with E-state index in [0.29, 0.717) is 12.3 Å². The summed E-state index contributed by atoms with van der Waals surface area (Å²) in [6, 6.07) is 24.2. The summed E-state index contributed by atoms with van der Waals surface area (Å²) in [4.78, 5) is 29.4. The summed E-state index contributed by atoms with van der Waals surface area (Å²) in [6.07, 6.45) is 4.62. The molecule has 178 valence electrons. The second-order valence-electron chi connectivity index (χ2n) is 10.3. The lowest BCUT2D eigenvalue weighted by atomic mass is 9.48. The van der Waals surface area contributed by atoms with Crippen LogP contribution >= 0.6 is 0 Å². The Kier molecular flexibility index (Phi) is 5.28. The zero-order valence-electron chi connectivity index (χ0n) is 20.4. The molecule has 3 aromatic rings. The number of carbonyl (C=O) groups excluding carboxylic acids is 2. The molecule has 2 amide bonds. The van der Waals surface area contributed by atoms with Crippen LogP contribution in [0.2, 0.25) is 0 Å². The highest BCUT2D eigenvalue weighted by atomic mass is 16.5. The molecule has 0 unspecified atom stereocenters. The molecule has 35 heavy (non-hydrogen) atoms. The highest BCUT2D eigenvalue weighted by Gasteiger charge is 2.66. The van der Waals surface area contributed by atoms with E-state index in [9.17, 15) is 9.59 Å². The lowest BCUT2D eigenvalue weighted by Gasteiger charge is -2.52. The fourth-order valence-corrected chi connectivity index (χ4v) is 6.82. The number of ether oxygens (including phenoxy) is 1. The van der Waals surface area contributed by atoms with Gasteiger partial charge in [0.25, 0.3) is 0 Å². The van der Waals surface area contributed by atoms with Gasteiger partial charge in [-0.1, -0.05) is 81.6 Å². The van der Waals surface area contributed by atoms with E-state index in [1.54, 1.807) is 0 Å². The van der Waals surface area contributed by atoms with E-state index in [4.69, 9.17) is 4.74 Å². The van der Waals surface area contributed by atoms with Gasteiger partial charge in [-0.15, -0.1) is 0 Å². The van der Waals surface area contributed by atoms with Crippen molar-refractivity contribution in [2.75, 3.05) is 11.5 Å². The third-order valence-electron chi connectivity index (χ3n) is 8.40. The fourth-order valence-electron chi connectivity index (χ4n) is 6.82. The normalized spacial score (nSPS) is 25.9. The second-order valence-corrected chi connectivity index (χ2v) is 10.3. The zero-order valence-corrected chi connectivity index (χ0v) is 20.4. The van der Waals surface area contributed by atoms with Crippen LogP contribution in [0.3, 0.4) is 0 Å². The molecule has 3 aliphatic carbocycles. The van der Waals surface area contributed by atoms with Crippen LogP contribution in [0.1, 0.15) is 67.7 Å². The van der Waals surface area contributed by atoms with Gasteiger partial charge in [-0.05, 0) is 52.9 Å². The van der Waals surface area contributed by atoms with Gasteiger partial charge in [0, 0.05) is 11.3 Å². The zero-order chi connectivity index (χ0) is 24.2. The molecule has 4 aliphatic rings. The van der Waals surface area contributed by atoms with Crippen LogP contribution in [0.25, 0.3) is 0 Å². The van der Waals surface area contributed by atoms with E-state index in [2.05, 4.69) is 38.1 Å². The van der Waals surface area contributed by atoms with E-state index in [-0.39, 0.29) is 23.7 Å². The second kappa shape index (κ2) is 8.37. The highest BCUT2D eigenvalue weighted by molar-refractivity contribution is 6.23. The Morgan fingerprint density at radius 3 is 2.06 bits per heavy atom. The molecular weight excluding hydrogens is 434 g/mol. The Bertz CT molecular complexity index is 1250. The summed E-state index contributed by atoms with van der Waals surface area (Å²) < 4.78 is 5.87. The Hall–Kier alpha value is -3.40. The topological polar surface area (TPSA) is 46.6 Å². The van der Waals surface area contributed by atoms with Crippen molar-refractivity contribution in [2.24, 2.45) is 11.8 Å². The fraction of sp³-hybridized carbons (Fsp3) is 0.355. The Labute approximate surface area is 206 Å². The summed E-state index contributed by atoms with van der Waals surface area (Å²) in [7, 11) is 0. The molecule has 2 bridgehead atoms. The maximum absolute atomic E-state index is 14.0. The SMILES string of the molecule is CCCCCCOc1ccc(N2C(=O)[C@@H]3C4c5ccccc5C(C)(c5ccccc54)[C@@H]3C2=O)cc1. The average molecular weight is 466 g/mol. The van der Waals surface area contributed by atoms with E-state index < -0.39 is 11.3 Å². The molecule has 0 radical (unpaired) electrons. The van der Waals surface area contributed by atoms with Crippen LogP contribution < -0.4 is 9.64 Å². The van der Waals surface area contributed by atoms with E-state index in [0.717, 1.165) is 12.2 Å². The summed E-state index contributed by atoms with van der Waals surface area (Å²) in [5.74, 6) is -0.292. The number of hydrogen-bond acceptors (Lipinski definition) is 3. The first-order valence-electron chi connectivity index (χ1n) is 12.9. The first-order valence-corrected chi connectivity index (χ1v) is 12.9. The molecule has 0 spiro atoms. The summed E-state index contributed by atoms with van der Waals surface area (Å²) in [6.45, 7) is 5.03. The molecule has 4 nitrogen and oxygen atoms in total. The Morgan fingerprint density at radius 1 is 0.800 bits per heavy atom. The molecule has 1 saturated heterocycles. The van der Waals surface area contributed by atoms with Gasteiger partial charge < -0.3 is 4.74 Å². The van der Waals surface area contributed by atoms with Crippen LogP contribution in [-0.4, -0.2) is 18.4 Å². The van der Waals surface area contributed by atoms with Crippen molar-refractivity contribution in [1.29, 1.82) is 0 Å². The molecule has 0 aromatic heterocycles. The minimum absolute atomic E-state index is 0.0894. The molecule has 1 fully saturated rings. The van der Waals surface area contributed by atoms with Crippen molar-refractivity contribution in [1.82, 2.24) is 0 Å². The van der Waals surface area contributed by atoms with Crippen LogP contribution in [0.4, 0.5) is 5.69 Å². The number of carbonyl (C=O) groups is 2. The smallest absolute Gasteiger partial charge is 0.238 e. The molecule has 1 heterocycles. The molecule has 4 heteroatoms. The minimum Gasteiger partial charge on any atom is -0.494 e.